The summed E-state index contributed by atoms with van der Waals surface area (Å²) in [4.78, 5) is 28.6. The van der Waals surface area contributed by atoms with E-state index in [1.165, 1.54) is 11.8 Å². The lowest BCUT2D eigenvalue weighted by atomic mass is 10.1. The van der Waals surface area contributed by atoms with Crippen molar-refractivity contribution in [2.75, 3.05) is 19.4 Å². The summed E-state index contributed by atoms with van der Waals surface area (Å²) in [6.07, 6.45) is 1.41. The molecule has 6 heteroatoms. The van der Waals surface area contributed by atoms with Crippen LogP contribution in [0.5, 0.6) is 5.75 Å². The molecule has 0 bridgehead atoms. The predicted molar refractivity (Wildman–Crippen MR) is 118 cm³/mol. The molecule has 2 aromatic rings. The van der Waals surface area contributed by atoms with Crippen LogP contribution in [-0.4, -0.2) is 42.2 Å². The fourth-order valence-corrected chi connectivity index (χ4v) is 3.80. The van der Waals surface area contributed by atoms with Crippen molar-refractivity contribution in [3.63, 3.8) is 0 Å². The maximum atomic E-state index is 13.1. The van der Waals surface area contributed by atoms with E-state index < -0.39 is 6.04 Å². The minimum atomic E-state index is -0.503. The fraction of sp³-hybridized carbons (Fsp3) is 0.391. The summed E-state index contributed by atoms with van der Waals surface area (Å²) >= 11 is 1.48. The summed E-state index contributed by atoms with van der Waals surface area (Å²) in [7, 11) is 1.62. The molecule has 0 saturated carbocycles. The second kappa shape index (κ2) is 12.2. The summed E-state index contributed by atoms with van der Waals surface area (Å²) in [6, 6.07) is 16.9. The Labute approximate surface area is 177 Å². The SMILES string of the molecule is CCCNC(=O)[C@@H](CC)N(Cc1cccc(OC)c1)C(=O)CSc1ccccc1. The van der Waals surface area contributed by atoms with Gasteiger partial charge in [0.15, 0.2) is 0 Å². The highest BCUT2D eigenvalue weighted by Gasteiger charge is 2.28. The highest BCUT2D eigenvalue weighted by Crippen LogP contribution is 2.21. The number of nitrogens with zero attached hydrogens (tertiary/aromatic N) is 1. The average Bonchev–Trinajstić information content (AvgIpc) is 2.76. The molecular weight excluding hydrogens is 384 g/mol. The molecule has 2 aromatic carbocycles. The number of carbonyl (C=O) groups excluding carboxylic acids is 2. The molecule has 0 radical (unpaired) electrons. The lowest BCUT2D eigenvalue weighted by Crippen LogP contribution is -2.49. The van der Waals surface area contributed by atoms with Crippen molar-refractivity contribution in [3.8, 4) is 5.75 Å². The van der Waals surface area contributed by atoms with Gasteiger partial charge < -0.3 is 15.0 Å². The van der Waals surface area contributed by atoms with Gasteiger partial charge in [-0.2, -0.15) is 0 Å². The van der Waals surface area contributed by atoms with Crippen molar-refractivity contribution in [2.45, 2.75) is 44.2 Å². The summed E-state index contributed by atoms with van der Waals surface area (Å²) in [5.74, 6) is 0.860. The van der Waals surface area contributed by atoms with Gasteiger partial charge in [0.05, 0.1) is 12.9 Å². The number of carbonyl (C=O) groups is 2. The Bertz CT molecular complexity index is 783. The van der Waals surface area contributed by atoms with Crippen LogP contribution in [0.4, 0.5) is 0 Å². The second-order valence-corrected chi connectivity index (χ2v) is 7.74. The number of hydrogen-bond acceptors (Lipinski definition) is 4. The Morgan fingerprint density at radius 3 is 2.52 bits per heavy atom. The van der Waals surface area contributed by atoms with E-state index in [4.69, 9.17) is 4.74 Å². The summed E-state index contributed by atoms with van der Waals surface area (Å²) in [6.45, 7) is 4.92. The smallest absolute Gasteiger partial charge is 0.242 e. The van der Waals surface area contributed by atoms with Crippen LogP contribution in [0.2, 0.25) is 0 Å². The number of methoxy groups -OCH3 is 1. The van der Waals surface area contributed by atoms with Crippen molar-refractivity contribution in [1.29, 1.82) is 0 Å². The number of nitrogens with one attached hydrogen (secondary N) is 1. The molecule has 0 aliphatic carbocycles. The molecule has 0 aliphatic heterocycles. The Morgan fingerprint density at radius 2 is 1.86 bits per heavy atom. The molecule has 0 fully saturated rings. The van der Waals surface area contributed by atoms with Crippen LogP contribution in [0.15, 0.2) is 59.5 Å². The van der Waals surface area contributed by atoms with Gasteiger partial charge in [0.1, 0.15) is 11.8 Å². The molecule has 0 unspecified atom stereocenters. The lowest BCUT2D eigenvalue weighted by molar-refractivity contribution is -0.139. The quantitative estimate of drug-likeness (QED) is 0.562. The highest BCUT2D eigenvalue weighted by molar-refractivity contribution is 8.00. The molecule has 0 aromatic heterocycles. The van der Waals surface area contributed by atoms with Gasteiger partial charge in [-0.05, 0) is 42.7 Å². The standard InChI is InChI=1S/C23H30N2O3S/c1-4-14-24-23(27)21(5-2)25(16-18-10-9-11-19(15-18)28-3)22(26)17-29-20-12-7-6-8-13-20/h6-13,15,21H,4-5,14,16-17H2,1-3H3,(H,24,27)/t21-/m1/s1. The van der Waals surface area contributed by atoms with Gasteiger partial charge in [0.2, 0.25) is 11.8 Å². The Hall–Kier alpha value is -2.47. The summed E-state index contributed by atoms with van der Waals surface area (Å²) in [5, 5.41) is 2.94. The van der Waals surface area contributed by atoms with E-state index in [0.29, 0.717) is 19.5 Å². The topological polar surface area (TPSA) is 58.6 Å². The first-order chi connectivity index (χ1) is 14.1. The van der Waals surface area contributed by atoms with Gasteiger partial charge in [-0.3, -0.25) is 9.59 Å². The maximum Gasteiger partial charge on any atom is 0.242 e. The second-order valence-electron chi connectivity index (χ2n) is 6.69. The van der Waals surface area contributed by atoms with Crippen LogP contribution >= 0.6 is 11.8 Å². The highest BCUT2D eigenvalue weighted by atomic mass is 32.2. The van der Waals surface area contributed by atoms with Crippen LogP contribution in [0.25, 0.3) is 0 Å². The van der Waals surface area contributed by atoms with Gasteiger partial charge in [0.25, 0.3) is 0 Å². The van der Waals surface area contributed by atoms with Gasteiger partial charge in [-0.1, -0.05) is 44.2 Å². The van der Waals surface area contributed by atoms with E-state index in [2.05, 4.69) is 5.32 Å². The summed E-state index contributed by atoms with van der Waals surface area (Å²) < 4.78 is 5.30. The van der Waals surface area contributed by atoms with E-state index in [-0.39, 0.29) is 17.6 Å². The van der Waals surface area contributed by atoms with Crippen LogP contribution in [0, 0.1) is 0 Å². The third-order valence-electron chi connectivity index (χ3n) is 4.53. The minimum Gasteiger partial charge on any atom is -0.497 e. The molecule has 156 valence electrons. The van der Waals surface area contributed by atoms with E-state index in [1.54, 1.807) is 12.0 Å². The van der Waals surface area contributed by atoms with E-state index in [0.717, 1.165) is 22.6 Å². The van der Waals surface area contributed by atoms with Gasteiger partial charge >= 0.3 is 0 Å². The molecule has 1 atom stereocenters. The number of amides is 2. The molecule has 2 amide bonds. The molecule has 0 aliphatic rings. The van der Waals surface area contributed by atoms with Crippen LogP contribution < -0.4 is 10.1 Å². The Morgan fingerprint density at radius 1 is 1.10 bits per heavy atom. The van der Waals surface area contributed by atoms with Crippen LogP contribution in [0.1, 0.15) is 32.3 Å². The normalized spacial score (nSPS) is 11.6. The fourth-order valence-electron chi connectivity index (χ4n) is 3.00. The van der Waals surface area contributed by atoms with Crippen molar-refractivity contribution >= 4 is 23.6 Å². The van der Waals surface area contributed by atoms with Crippen molar-refractivity contribution in [1.82, 2.24) is 10.2 Å². The number of rotatable bonds is 11. The zero-order valence-corrected chi connectivity index (χ0v) is 18.2. The average molecular weight is 415 g/mol. The van der Waals surface area contributed by atoms with E-state index in [9.17, 15) is 9.59 Å². The first-order valence-corrected chi connectivity index (χ1v) is 11.0. The monoisotopic (exact) mass is 414 g/mol. The summed E-state index contributed by atoms with van der Waals surface area (Å²) in [5.41, 5.74) is 0.934. The van der Waals surface area contributed by atoms with Gasteiger partial charge in [-0.15, -0.1) is 11.8 Å². The Kier molecular flexibility index (Phi) is 9.57. The van der Waals surface area contributed by atoms with Gasteiger partial charge in [0, 0.05) is 18.0 Å². The molecule has 0 heterocycles. The number of hydrogen-bond donors (Lipinski definition) is 1. The molecule has 2 rings (SSSR count). The van der Waals surface area contributed by atoms with Crippen LogP contribution in [-0.2, 0) is 16.1 Å². The molecule has 29 heavy (non-hydrogen) atoms. The number of benzene rings is 2. The van der Waals surface area contributed by atoms with Crippen molar-refractivity contribution < 1.29 is 14.3 Å². The molecule has 0 spiro atoms. The largest absolute Gasteiger partial charge is 0.497 e. The zero-order chi connectivity index (χ0) is 21.1. The lowest BCUT2D eigenvalue weighted by Gasteiger charge is -2.30. The first-order valence-electron chi connectivity index (χ1n) is 9.97. The van der Waals surface area contributed by atoms with Crippen molar-refractivity contribution in [2.24, 2.45) is 0 Å². The predicted octanol–water partition coefficient (Wildman–Crippen LogP) is 4.12. The molecule has 0 saturated heterocycles. The third-order valence-corrected chi connectivity index (χ3v) is 5.52. The maximum absolute atomic E-state index is 13.1. The van der Waals surface area contributed by atoms with E-state index >= 15 is 0 Å². The molecule has 5 nitrogen and oxygen atoms in total. The first kappa shape index (κ1) is 22.8. The number of ether oxygens (including phenoxy) is 1. The zero-order valence-electron chi connectivity index (χ0n) is 17.4. The minimum absolute atomic E-state index is 0.0554. The number of thioether (sulfide) groups is 1. The van der Waals surface area contributed by atoms with Gasteiger partial charge in [-0.25, -0.2) is 0 Å². The van der Waals surface area contributed by atoms with Crippen molar-refractivity contribution in [3.05, 3.63) is 60.2 Å². The van der Waals surface area contributed by atoms with E-state index in [1.807, 2.05) is 68.4 Å². The molecule has 1 N–H and O–H groups in total. The molecular formula is C23H30N2O3S. The van der Waals surface area contributed by atoms with Crippen LogP contribution in [0.3, 0.4) is 0 Å². The Balaban J connectivity index is 2.19. The third kappa shape index (κ3) is 7.13.